The molecular formula is C51H56F3N9O7. The highest BCUT2D eigenvalue weighted by Crippen LogP contribution is 2.40. The Bertz CT molecular complexity index is 2910. The van der Waals surface area contributed by atoms with Gasteiger partial charge in [0.05, 0.1) is 22.9 Å². The molecule has 0 aliphatic carbocycles. The third kappa shape index (κ3) is 10.5. The Morgan fingerprint density at radius 1 is 0.943 bits per heavy atom. The smallest absolute Gasteiger partial charge is 0.406 e. The van der Waals surface area contributed by atoms with Crippen molar-refractivity contribution in [3.8, 4) is 16.9 Å². The van der Waals surface area contributed by atoms with E-state index < -0.39 is 41.4 Å². The van der Waals surface area contributed by atoms with Crippen molar-refractivity contribution < 1.29 is 46.7 Å². The second kappa shape index (κ2) is 19.2. The van der Waals surface area contributed by atoms with Gasteiger partial charge >= 0.3 is 6.36 Å². The molecule has 3 aromatic carbocycles. The minimum atomic E-state index is -4.84. The fourth-order valence-electron chi connectivity index (χ4n) is 10.1. The number of nitrogens with one attached hydrogen (secondary N) is 3. The van der Waals surface area contributed by atoms with Crippen molar-refractivity contribution in [2.24, 2.45) is 16.7 Å². The lowest BCUT2D eigenvalue weighted by Gasteiger charge is -2.34. The molecule has 3 aliphatic heterocycles. The highest BCUT2D eigenvalue weighted by molar-refractivity contribution is 6.25. The maximum absolute atomic E-state index is 13.7. The highest BCUT2D eigenvalue weighted by atomic mass is 19.4. The molecule has 2 aromatic heterocycles. The molecule has 1 fully saturated rings. The largest absolute Gasteiger partial charge is 0.573 e. The Morgan fingerprint density at radius 3 is 2.47 bits per heavy atom. The molecule has 8 rings (SSSR count). The molecule has 5 aromatic rings. The number of nitrogens with two attached hydrogens (primary N) is 1. The van der Waals surface area contributed by atoms with Crippen LogP contribution in [0.5, 0.6) is 5.75 Å². The van der Waals surface area contributed by atoms with E-state index in [1.54, 1.807) is 29.2 Å². The van der Waals surface area contributed by atoms with Crippen LogP contribution in [-0.4, -0.2) is 86.9 Å². The van der Waals surface area contributed by atoms with E-state index in [4.69, 9.17) is 5.73 Å². The predicted molar refractivity (Wildman–Crippen MR) is 255 cm³/mol. The molecule has 368 valence electrons. The average Bonchev–Trinajstić information content (AvgIpc) is 3.95. The van der Waals surface area contributed by atoms with E-state index in [0.717, 1.165) is 27.3 Å². The number of hydrogen-bond donors (Lipinski definition) is 4. The number of amides is 6. The fourth-order valence-corrected chi connectivity index (χ4v) is 10.1. The quantitative estimate of drug-likeness (QED) is 0.0685. The lowest BCUT2D eigenvalue weighted by molar-refractivity contribution is -0.274. The predicted octanol–water partition coefficient (Wildman–Crippen LogP) is 7.20. The first-order chi connectivity index (χ1) is 33.1. The van der Waals surface area contributed by atoms with Crippen LogP contribution in [0.3, 0.4) is 0 Å². The number of hydrogen-bond acceptors (Lipinski definition) is 11. The number of anilines is 3. The van der Waals surface area contributed by atoms with Crippen LogP contribution in [0.15, 0.2) is 73.2 Å². The summed E-state index contributed by atoms with van der Waals surface area (Å²) >= 11 is 0. The van der Waals surface area contributed by atoms with Crippen molar-refractivity contribution in [1.82, 2.24) is 30.1 Å². The Kier molecular flexibility index (Phi) is 13.5. The third-order valence-corrected chi connectivity index (χ3v) is 13.3. The van der Waals surface area contributed by atoms with Crippen molar-refractivity contribution >= 4 is 63.7 Å². The van der Waals surface area contributed by atoms with E-state index in [-0.39, 0.29) is 59.3 Å². The van der Waals surface area contributed by atoms with Gasteiger partial charge in [-0.15, -0.1) is 13.2 Å². The summed E-state index contributed by atoms with van der Waals surface area (Å²) in [6.07, 6.45) is 1.06. The fraction of sp³-hybridized carbons (Fsp3) is 0.412. The molecule has 0 spiro atoms. The monoisotopic (exact) mass is 963 g/mol. The zero-order chi connectivity index (χ0) is 50.3. The number of nitrogen functional groups attached to an aromatic ring is 1. The van der Waals surface area contributed by atoms with Gasteiger partial charge in [-0.2, -0.15) is 0 Å². The lowest BCUT2D eigenvalue weighted by Crippen LogP contribution is -2.54. The molecule has 16 nitrogen and oxygen atoms in total. The number of ether oxygens (including phenoxy) is 1. The maximum Gasteiger partial charge on any atom is 0.573 e. The van der Waals surface area contributed by atoms with Crippen molar-refractivity contribution in [2.45, 2.75) is 98.5 Å². The van der Waals surface area contributed by atoms with E-state index >= 15 is 0 Å². The Balaban J connectivity index is 0.844. The number of halogens is 3. The average molecular weight is 964 g/mol. The summed E-state index contributed by atoms with van der Waals surface area (Å²) < 4.78 is 44.5. The zero-order valence-corrected chi connectivity index (χ0v) is 39.7. The molecule has 19 heteroatoms. The number of carbonyl (C=O) groups excluding carboxylic acids is 6. The van der Waals surface area contributed by atoms with Gasteiger partial charge in [-0.05, 0) is 96.5 Å². The van der Waals surface area contributed by atoms with Gasteiger partial charge < -0.3 is 30.6 Å². The van der Waals surface area contributed by atoms with Crippen LogP contribution < -0.4 is 31.3 Å². The van der Waals surface area contributed by atoms with Gasteiger partial charge in [-0.1, -0.05) is 58.9 Å². The number of alkyl halides is 3. The second-order valence-corrected chi connectivity index (χ2v) is 19.9. The first-order valence-electron chi connectivity index (χ1n) is 23.3. The molecule has 6 amide bonds. The summed E-state index contributed by atoms with van der Waals surface area (Å²) in [5.41, 5.74) is 10.7. The number of aromatic nitrogens is 3. The number of fused-ring (bicyclic) bond motifs is 3. The summed E-state index contributed by atoms with van der Waals surface area (Å²) in [5.74, 6) is -2.52. The minimum absolute atomic E-state index is 0.0354. The highest BCUT2D eigenvalue weighted by Gasteiger charge is 2.46. The summed E-state index contributed by atoms with van der Waals surface area (Å²) in [5, 5.41) is 9.38. The van der Waals surface area contributed by atoms with Crippen molar-refractivity contribution in [3.63, 3.8) is 0 Å². The van der Waals surface area contributed by atoms with E-state index in [2.05, 4.69) is 51.4 Å². The van der Waals surface area contributed by atoms with E-state index in [9.17, 15) is 41.9 Å². The van der Waals surface area contributed by atoms with Crippen LogP contribution in [0.2, 0.25) is 0 Å². The van der Waals surface area contributed by atoms with Gasteiger partial charge in [0, 0.05) is 61.1 Å². The van der Waals surface area contributed by atoms with Gasteiger partial charge in [-0.3, -0.25) is 39.0 Å². The number of rotatable bonds is 17. The normalized spacial score (nSPS) is 16.6. The van der Waals surface area contributed by atoms with E-state index in [0.29, 0.717) is 80.0 Å². The molecule has 1 saturated heterocycles. The Morgan fingerprint density at radius 2 is 1.71 bits per heavy atom. The Labute approximate surface area is 402 Å². The maximum atomic E-state index is 13.7. The zero-order valence-electron chi connectivity index (χ0n) is 39.7. The van der Waals surface area contributed by atoms with Crippen LogP contribution in [0, 0.1) is 16.7 Å². The van der Waals surface area contributed by atoms with Gasteiger partial charge in [0.15, 0.2) is 0 Å². The van der Waals surface area contributed by atoms with Crippen LogP contribution >= 0.6 is 0 Å². The molecule has 70 heavy (non-hydrogen) atoms. The van der Waals surface area contributed by atoms with Crippen LogP contribution in [0.1, 0.15) is 98.6 Å². The van der Waals surface area contributed by atoms with Gasteiger partial charge in [0.2, 0.25) is 23.6 Å². The third-order valence-electron chi connectivity index (χ3n) is 13.3. The molecule has 0 saturated carbocycles. The van der Waals surface area contributed by atoms with Crippen LogP contribution in [0.25, 0.3) is 22.2 Å². The molecule has 5 N–H and O–H groups in total. The first kappa shape index (κ1) is 49.1. The van der Waals surface area contributed by atoms with Crippen molar-refractivity contribution in [3.05, 3.63) is 95.4 Å². The summed E-state index contributed by atoms with van der Waals surface area (Å²) in [7, 11) is 0. The van der Waals surface area contributed by atoms with E-state index in [1.807, 2.05) is 42.8 Å². The van der Waals surface area contributed by atoms with Crippen molar-refractivity contribution in [2.75, 3.05) is 35.6 Å². The standard InChI is InChI=1S/C51H56F3N9O7/c1-29(16-19-57-48(69)50(4,5)27-49(2,3)18-20-56-36-11-7-10-34-41(36)47(68)63(46(34)67)38-14-15-39(64)60-45(38)66)25-61-26-35(42-43(55)58-28-59-44(42)61)31-12-13-37-32(24-31)17-21-62(37)40(65)23-30-8-6-9-33(22-30)70-51(52,53)54/h6-13,22,24,26,28-29,38,56H,14-21,23,25,27H2,1-5H3,(H,57,69)(H2,55,58,59)(H,60,64,66). The first-order valence-corrected chi connectivity index (χ1v) is 23.3. The Hall–Kier alpha value is -7.31. The van der Waals surface area contributed by atoms with Crippen molar-refractivity contribution in [1.29, 1.82) is 0 Å². The summed E-state index contributed by atoms with van der Waals surface area (Å²) in [6, 6.07) is 15.1. The number of carbonyl (C=O) groups is 6. The molecule has 0 bridgehead atoms. The number of piperidine rings is 1. The number of nitrogens with zero attached hydrogens (tertiary/aromatic N) is 5. The molecule has 2 unspecified atom stereocenters. The number of imide groups is 2. The van der Waals surface area contributed by atoms with Gasteiger partial charge in [0.1, 0.15) is 29.6 Å². The van der Waals surface area contributed by atoms with Crippen LogP contribution in [-0.2, 0) is 38.6 Å². The second-order valence-electron chi connectivity index (χ2n) is 19.9. The molecule has 2 atom stereocenters. The number of benzene rings is 3. The molecule has 0 radical (unpaired) electrons. The summed E-state index contributed by atoms with van der Waals surface area (Å²) in [6.45, 7) is 12.0. The lowest BCUT2D eigenvalue weighted by atomic mass is 9.73. The van der Waals surface area contributed by atoms with Gasteiger partial charge in [-0.25, -0.2) is 9.97 Å². The molecule has 5 heterocycles. The minimum Gasteiger partial charge on any atom is -0.406 e. The van der Waals surface area contributed by atoms with Gasteiger partial charge in [0.25, 0.3) is 11.8 Å². The molecule has 3 aliphatic rings. The summed E-state index contributed by atoms with van der Waals surface area (Å²) in [4.78, 5) is 89.7. The van der Waals surface area contributed by atoms with E-state index in [1.165, 1.54) is 24.5 Å². The molecular weight excluding hydrogens is 908 g/mol. The van der Waals surface area contributed by atoms with Crippen LogP contribution in [0.4, 0.5) is 30.4 Å². The SMILES string of the molecule is CC(CCNC(=O)C(C)(C)CC(C)(C)CCNc1cccc2c1C(=O)N(C1CCC(=O)NC1=O)C2=O)Cn1cc(-c2ccc3c(c2)CCN3C(=O)Cc2cccc(OC(F)(F)F)c2)c2c(N)ncnc21. The topological polar surface area (TPSA) is 211 Å².